The van der Waals surface area contributed by atoms with Crippen LogP contribution in [0.1, 0.15) is 0 Å². The van der Waals surface area contributed by atoms with Gasteiger partial charge in [-0.15, -0.1) is 0 Å². The van der Waals surface area contributed by atoms with Crippen LogP contribution < -0.4 is 5.32 Å². The van der Waals surface area contributed by atoms with E-state index in [1.54, 1.807) is 24.3 Å². The molecule has 0 fully saturated rings. The van der Waals surface area contributed by atoms with Crippen molar-refractivity contribution in [2.24, 2.45) is 0 Å². The molecule has 1 aromatic heterocycles. The molecule has 1 amide bonds. The van der Waals surface area contributed by atoms with Crippen LogP contribution >= 0.6 is 35.0 Å². The normalized spacial score (nSPS) is 10.7. The van der Waals surface area contributed by atoms with Gasteiger partial charge in [0.05, 0.1) is 17.6 Å². The van der Waals surface area contributed by atoms with Gasteiger partial charge in [0.2, 0.25) is 5.91 Å². The molecule has 150 valence electrons. The molecular weight excluding hydrogens is 437 g/mol. The van der Waals surface area contributed by atoms with Crippen molar-refractivity contribution in [1.29, 1.82) is 0 Å². The Labute approximate surface area is 188 Å². The van der Waals surface area contributed by atoms with Gasteiger partial charge in [-0.2, -0.15) is 0 Å². The Morgan fingerprint density at radius 1 is 0.933 bits per heavy atom. The number of halogens is 2. The first-order valence-corrected chi connectivity index (χ1v) is 10.9. The van der Waals surface area contributed by atoms with E-state index in [1.807, 2.05) is 65.4 Å². The van der Waals surface area contributed by atoms with Crippen LogP contribution in [-0.4, -0.2) is 21.2 Å². The SMILES string of the molecule is O=C(CSc1ncc(-c2ccccc2)n1-c1cccc(Cl)c1)Nc1cccc(Cl)c1. The number of carbonyl (C=O) groups is 1. The molecule has 0 saturated carbocycles. The van der Waals surface area contributed by atoms with E-state index in [0.717, 1.165) is 16.9 Å². The van der Waals surface area contributed by atoms with Crippen molar-refractivity contribution in [3.63, 3.8) is 0 Å². The molecule has 4 nitrogen and oxygen atoms in total. The van der Waals surface area contributed by atoms with Crippen molar-refractivity contribution in [3.8, 4) is 16.9 Å². The van der Waals surface area contributed by atoms with Crippen molar-refractivity contribution in [2.75, 3.05) is 11.1 Å². The average Bonchev–Trinajstić information content (AvgIpc) is 3.17. The lowest BCUT2D eigenvalue weighted by Gasteiger charge is -2.12. The van der Waals surface area contributed by atoms with E-state index in [9.17, 15) is 4.79 Å². The number of carbonyl (C=O) groups excluding carboxylic acids is 1. The summed E-state index contributed by atoms with van der Waals surface area (Å²) >= 11 is 13.6. The Hall–Kier alpha value is -2.73. The first kappa shape index (κ1) is 20.5. The number of benzene rings is 3. The topological polar surface area (TPSA) is 46.9 Å². The van der Waals surface area contributed by atoms with Gasteiger partial charge >= 0.3 is 0 Å². The summed E-state index contributed by atoms with van der Waals surface area (Å²) in [6.45, 7) is 0. The molecule has 0 radical (unpaired) electrons. The summed E-state index contributed by atoms with van der Waals surface area (Å²) in [5.41, 5.74) is 3.50. The molecule has 0 spiro atoms. The third kappa shape index (κ3) is 4.87. The molecular formula is C23H17Cl2N3OS. The van der Waals surface area contributed by atoms with Gasteiger partial charge < -0.3 is 5.32 Å². The van der Waals surface area contributed by atoms with Crippen molar-refractivity contribution >= 4 is 46.6 Å². The summed E-state index contributed by atoms with van der Waals surface area (Å²) in [5.74, 6) is 0.0716. The lowest BCUT2D eigenvalue weighted by molar-refractivity contribution is -0.113. The highest BCUT2D eigenvalue weighted by Gasteiger charge is 2.16. The minimum atomic E-state index is -0.135. The van der Waals surface area contributed by atoms with Crippen LogP contribution in [0, 0.1) is 0 Å². The van der Waals surface area contributed by atoms with E-state index in [-0.39, 0.29) is 11.7 Å². The zero-order valence-corrected chi connectivity index (χ0v) is 18.1. The summed E-state index contributed by atoms with van der Waals surface area (Å²) in [6.07, 6.45) is 1.81. The third-order valence-corrected chi connectivity index (χ3v) is 5.73. The molecule has 0 bridgehead atoms. The second-order valence-corrected chi connectivity index (χ2v) is 8.27. The van der Waals surface area contributed by atoms with Gasteiger partial charge in [0.25, 0.3) is 0 Å². The fraction of sp³-hybridized carbons (Fsp3) is 0.0435. The molecule has 7 heteroatoms. The maximum Gasteiger partial charge on any atom is 0.234 e. The van der Waals surface area contributed by atoms with Crippen LogP contribution in [-0.2, 0) is 4.79 Å². The summed E-state index contributed by atoms with van der Waals surface area (Å²) < 4.78 is 2.01. The van der Waals surface area contributed by atoms with E-state index in [0.29, 0.717) is 20.9 Å². The predicted octanol–water partition coefficient (Wildman–Crippen LogP) is 6.58. The maximum atomic E-state index is 12.4. The second-order valence-electron chi connectivity index (χ2n) is 6.45. The molecule has 0 aliphatic carbocycles. The van der Waals surface area contributed by atoms with Crippen LogP contribution in [0.15, 0.2) is 90.2 Å². The quantitative estimate of drug-likeness (QED) is 0.335. The van der Waals surface area contributed by atoms with Crippen molar-refractivity contribution in [3.05, 3.63) is 95.1 Å². The lowest BCUT2D eigenvalue weighted by Crippen LogP contribution is -2.14. The summed E-state index contributed by atoms with van der Waals surface area (Å²) in [5, 5.41) is 4.77. The zero-order chi connectivity index (χ0) is 20.9. The number of anilines is 1. The van der Waals surface area contributed by atoms with Gasteiger partial charge in [-0.25, -0.2) is 4.98 Å². The van der Waals surface area contributed by atoms with E-state index >= 15 is 0 Å². The highest BCUT2D eigenvalue weighted by Crippen LogP contribution is 2.30. The van der Waals surface area contributed by atoms with Gasteiger partial charge in [0.15, 0.2) is 5.16 Å². The Morgan fingerprint density at radius 2 is 1.67 bits per heavy atom. The first-order valence-electron chi connectivity index (χ1n) is 9.17. The van der Waals surface area contributed by atoms with Crippen molar-refractivity contribution in [1.82, 2.24) is 9.55 Å². The van der Waals surface area contributed by atoms with Crippen LogP contribution in [0.25, 0.3) is 16.9 Å². The molecule has 30 heavy (non-hydrogen) atoms. The molecule has 1 N–H and O–H groups in total. The number of rotatable bonds is 6. The highest BCUT2D eigenvalue weighted by molar-refractivity contribution is 7.99. The molecule has 3 aromatic carbocycles. The molecule has 0 saturated heterocycles. The standard InChI is InChI=1S/C23H17Cl2N3OS/c24-17-8-4-10-19(12-17)27-22(29)15-30-23-26-14-21(16-6-2-1-3-7-16)28(23)20-11-5-9-18(25)13-20/h1-14H,15H2,(H,27,29). The van der Waals surface area contributed by atoms with Gasteiger partial charge in [0.1, 0.15) is 0 Å². The smallest absolute Gasteiger partial charge is 0.234 e. The van der Waals surface area contributed by atoms with Crippen LogP contribution in [0.2, 0.25) is 10.0 Å². The number of amides is 1. The highest BCUT2D eigenvalue weighted by atomic mass is 35.5. The fourth-order valence-corrected chi connectivity index (χ4v) is 4.17. The molecule has 1 heterocycles. The summed E-state index contributed by atoms with van der Waals surface area (Å²) in [7, 11) is 0. The third-order valence-electron chi connectivity index (χ3n) is 4.31. The molecule has 0 aliphatic heterocycles. The maximum absolute atomic E-state index is 12.4. The van der Waals surface area contributed by atoms with Crippen LogP contribution in [0.4, 0.5) is 5.69 Å². The summed E-state index contributed by atoms with van der Waals surface area (Å²) in [4.78, 5) is 17.0. The molecule has 4 aromatic rings. The Balaban J connectivity index is 1.60. The number of aromatic nitrogens is 2. The zero-order valence-electron chi connectivity index (χ0n) is 15.8. The molecule has 4 rings (SSSR count). The van der Waals surface area contributed by atoms with Crippen LogP contribution in [0.5, 0.6) is 0 Å². The second kappa shape index (κ2) is 9.39. The predicted molar refractivity (Wildman–Crippen MR) is 125 cm³/mol. The van der Waals surface area contributed by atoms with E-state index < -0.39 is 0 Å². The van der Waals surface area contributed by atoms with Gasteiger partial charge in [-0.1, -0.05) is 77.4 Å². The Morgan fingerprint density at radius 3 is 2.40 bits per heavy atom. The minimum absolute atomic E-state index is 0.135. The number of nitrogens with one attached hydrogen (secondary N) is 1. The van der Waals surface area contributed by atoms with Crippen LogP contribution in [0.3, 0.4) is 0 Å². The van der Waals surface area contributed by atoms with Crippen molar-refractivity contribution < 1.29 is 4.79 Å². The Bertz CT molecular complexity index is 1180. The van der Waals surface area contributed by atoms with E-state index in [1.165, 1.54) is 11.8 Å². The van der Waals surface area contributed by atoms with E-state index in [4.69, 9.17) is 23.2 Å². The fourth-order valence-electron chi connectivity index (χ4n) is 3.01. The number of hydrogen-bond donors (Lipinski definition) is 1. The van der Waals surface area contributed by atoms with Gasteiger partial charge in [-0.3, -0.25) is 9.36 Å². The minimum Gasteiger partial charge on any atom is -0.325 e. The van der Waals surface area contributed by atoms with Gasteiger partial charge in [0, 0.05) is 27.0 Å². The number of nitrogens with zero attached hydrogens (tertiary/aromatic N) is 2. The molecule has 0 aliphatic rings. The lowest BCUT2D eigenvalue weighted by atomic mass is 10.1. The Kier molecular flexibility index (Phi) is 6.43. The van der Waals surface area contributed by atoms with Gasteiger partial charge in [-0.05, 0) is 36.4 Å². The average molecular weight is 454 g/mol. The summed E-state index contributed by atoms with van der Waals surface area (Å²) in [6, 6.07) is 24.6. The molecule has 0 atom stereocenters. The largest absolute Gasteiger partial charge is 0.325 e. The number of thioether (sulfide) groups is 1. The van der Waals surface area contributed by atoms with E-state index in [2.05, 4.69) is 10.3 Å². The molecule has 0 unspecified atom stereocenters. The number of imidazole rings is 1. The first-order chi connectivity index (χ1) is 14.6. The number of hydrogen-bond acceptors (Lipinski definition) is 3. The van der Waals surface area contributed by atoms with Crippen molar-refractivity contribution in [2.45, 2.75) is 5.16 Å². The monoisotopic (exact) mass is 453 g/mol.